The molecule has 3 aromatic rings. The summed E-state index contributed by atoms with van der Waals surface area (Å²) in [6.45, 7) is 6.96. The Morgan fingerprint density at radius 2 is 2.14 bits per heavy atom. The molecular weight excluding hydrogens is 358 g/mol. The number of carbonyl (C=O) groups excluding carboxylic acids is 1. The van der Waals surface area contributed by atoms with Crippen LogP contribution in [-0.2, 0) is 13.0 Å². The number of rotatable bonds is 3. The van der Waals surface area contributed by atoms with E-state index in [9.17, 15) is 4.79 Å². The molecule has 3 aromatic heterocycles. The summed E-state index contributed by atoms with van der Waals surface area (Å²) in [5, 5.41) is 14.7. The van der Waals surface area contributed by atoms with Crippen molar-refractivity contribution in [2.24, 2.45) is 0 Å². The van der Waals surface area contributed by atoms with Crippen molar-refractivity contribution < 1.29 is 9.32 Å². The maximum Gasteiger partial charge on any atom is 0.317 e. The van der Waals surface area contributed by atoms with E-state index in [1.165, 1.54) is 0 Å². The molecule has 144 valence electrons. The molecule has 0 aromatic carbocycles. The summed E-state index contributed by atoms with van der Waals surface area (Å²) in [6, 6.07) is 1.80. The molecule has 0 aliphatic carbocycles. The minimum Gasteiger partial charge on any atom is -0.336 e. The van der Waals surface area contributed by atoms with Crippen molar-refractivity contribution in [3.63, 3.8) is 0 Å². The Balaban J connectivity index is 1.66. The van der Waals surface area contributed by atoms with E-state index in [0.717, 1.165) is 22.4 Å². The Bertz CT molecular complexity index is 1000. The fourth-order valence-electron chi connectivity index (χ4n) is 3.32. The number of carbonyl (C=O) groups is 1. The number of nitrogens with one attached hydrogen (secondary N) is 1. The molecule has 1 aliphatic heterocycles. The van der Waals surface area contributed by atoms with Gasteiger partial charge in [0, 0.05) is 36.6 Å². The largest absolute Gasteiger partial charge is 0.336 e. The third-order valence-electron chi connectivity index (χ3n) is 4.64. The predicted octanol–water partition coefficient (Wildman–Crippen LogP) is 2.37. The SMILES string of the molecule is Cc1ncc2c(c1-c1noc(-c3ccnnc3)n1)CCN(C(=O)NC(C)C)C2. The lowest BCUT2D eigenvalue weighted by Crippen LogP contribution is -2.45. The Kier molecular flexibility index (Phi) is 4.72. The first kappa shape index (κ1) is 18.0. The van der Waals surface area contributed by atoms with E-state index in [2.05, 4.69) is 30.6 Å². The molecule has 0 bridgehead atoms. The van der Waals surface area contributed by atoms with Crippen LogP contribution in [0.5, 0.6) is 0 Å². The van der Waals surface area contributed by atoms with E-state index in [0.29, 0.717) is 36.8 Å². The first-order valence-electron chi connectivity index (χ1n) is 9.17. The van der Waals surface area contributed by atoms with Gasteiger partial charge >= 0.3 is 6.03 Å². The molecule has 1 aliphatic rings. The summed E-state index contributed by atoms with van der Waals surface area (Å²) in [7, 11) is 0. The second kappa shape index (κ2) is 7.34. The van der Waals surface area contributed by atoms with Crippen molar-refractivity contribution in [3.05, 3.63) is 41.5 Å². The molecule has 0 spiro atoms. The highest BCUT2D eigenvalue weighted by molar-refractivity contribution is 5.75. The van der Waals surface area contributed by atoms with Crippen LogP contribution in [0.4, 0.5) is 4.79 Å². The van der Waals surface area contributed by atoms with Gasteiger partial charge in [0.2, 0.25) is 5.82 Å². The van der Waals surface area contributed by atoms with Gasteiger partial charge in [0.1, 0.15) is 0 Å². The number of pyridine rings is 1. The van der Waals surface area contributed by atoms with Crippen molar-refractivity contribution in [2.75, 3.05) is 6.54 Å². The number of amides is 2. The molecule has 4 heterocycles. The summed E-state index contributed by atoms with van der Waals surface area (Å²) < 4.78 is 5.42. The van der Waals surface area contributed by atoms with Gasteiger partial charge in [-0.15, -0.1) is 0 Å². The fraction of sp³-hybridized carbons (Fsp3) is 0.368. The normalized spacial score (nSPS) is 13.5. The van der Waals surface area contributed by atoms with E-state index in [-0.39, 0.29) is 12.1 Å². The summed E-state index contributed by atoms with van der Waals surface area (Å²) in [5.41, 5.74) is 4.53. The zero-order valence-corrected chi connectivity index (χ0v) is 16.0. The van der Waals surface area contributed by atoms with Crippen LogP contribution in [0.2, 0.25) is 0 Å². The standard InChI is InChI=1S/C19H21N7O2/c1-11(2)23-19(27)26-7-5-15-14(10-26)8-20-12(3)16(15)17-24-18(28-25-17)13-4-6-21-22-9-13/h4,6,8-9,11H,5,7,10H2,1-3H3,(H,23,27). The van der Waals surface area contributed by atoms with Crippen LogP contribution in [0.3, 0.4) is 0 Å². The van der Waals surface area contributed by atoms with Crippen molar-refractivity contribution in [2.45, 2.75) is 39.8 Å². The summed E-state index contributed by atoms with van der Waals surface area (Å²) in [5.74, 6) is 0.879. The molecule has 9 nitrogen and oxygen atoms in total. The smallest absolute Gasteiger partial charge is 0.317 e. The number of aromatic nitrogens is 5. The molecule has 0 atom stereocenters. The molecule has 0 fully saturated rings. The van der Waals surface area contributed by atoms with Crippen LogP contribution in [0.25, 0.3) is 22.8 Å². The molecule has 9 heteroatoms. The Hall–Kier alpha value is -3.36. The van der Waals surface area contributed by atoms with Gasteiger partial charge in [0.25, 0.3) is 5.89 Å². The highest BCUT2D eigenvalue weighted by atomic mass is 16.5. The van der Waals surface area contributed by atoms with Crippen LogP contribution in [-0.4, -0.2) is 48.8 Å². The number of hydrogen-bond donors (Lipinski definition) is 1. The second-order valence-corrected chi connectivity index (χ2v) is 7.05. The lowest BCUT2D eigenvalue weighted by Gasteiger charge is -2.30. The lowest BCUT2D eigenvalue weighted by atomic mass is 9.94. The van der Waals surface area contributed by atoms with Gasteiger partial charge in [-0.3, -0.25) is 4.98 Å². The van der Waals surface area contributed by atoms with Crippen LogP contribution < -0.4 is 5.32 Å². The van der Waals surface area contributed by atoms with Crippen LogP contribution in [0.15, 0.2) is 29.2 Å². The van der Waals surface area contributed by atoms with Crippen molar-refractivity contribution >= 4 is 6.03 Å². The van der Waals surface area contributed by atoms with Crippen LogP contribution in [0, 0.1) is 6.92 Å². The van der Waals surface area contributed by atoms with E-state index in [1.807, 2.05) is 27.0 Å². The van der Waals surface area contributed by atoms with Gasteiger partial charge in [-0.1, -0.05) is 5.16 Å². The minimum atomic E-state index is -0.0604. The number of hydrogen-bond acceptors (Lipinski definition) is 7. The molecular formula is C19H21N7O2. The fourth-order valence-corrected chi connectivity index (χ4v) is 3.32. The molecule has 28 heavy (non-hydrogen) atoms. The Morgan fingerprint density at radius 1 is 1.29 bits per heavy atom. The zero-order chi connectivity index (χ0) is 19.7. The van der Waals surface area contributed by atoms with Gasteiger partial charge in [-0.05, 0) is 44.4 Å². The topological polar surface area (TPSA) is 110 Å². The van der Waals surface area contributed by atoms with Crippen molar-refractivity contribution in [1.82, 2.24) is 35.5 Å². The highest BCUT2D eigenvalue weighted by Gasteiger charge is 2.26. The van der Waals surface area contributed by atoms with Crippen LogP contribution in [0.1, 0.15) is 30.7 Å². The summed E-state index contributed by atoms with van der Waals surface area (Å²) >= 11 is 0. The molecule has 0 saturated heterocycles. The molecule has 1 N–H and O–H groups in total. The summed E-state index contributed by atoms with van der Waals surface area (Å²) in [4.78, 5) is 23.2. The first-order valence-corrected chi connectivity index (χ1v) is 9.17. The number of urea groups is 1. The first-order chi connectivity index (χ1) is 13.5. The Labute approximate surface area is 162 Å². The monoisotopic (exact) mass is 379 g/mol. The quantitative estimate of drug-likeness (QED) is 0.744. The number of aryl methyl sites for hydroxylation is 1. The maximum absolute atomic E-state index is 12.3. The van der Waals surface area contributed by atoms with Gasteiger partial charge in [0.15, 0.2) is 0 Å². The molecule has 2 amide bonds. The Morgan fingerprint density at radius 3 is 2.89 bits per heavy atom. The van der Waals surface area contributed by atoms with Gasteiger partial charge in [0.05, 0.1) is 18.0 Å². The van der Waals surface area contributed by atoms with E-state index in [4.69, 9.17) is 4.52 Å². The summed E-state index contributed by atoms with van der Waals surface area (Å²) in [6.07, 6.45) is 5.69. The number of nitrogens with zero attached hydrogens (tertiary/aromatic N) is 6. The molecule has 0 radical (unpaired) electrons. The average Bonchev–Trinajstić information content (AvgIpc) is 3.17. The third kappa shape index (κ3) is 3.42. The van der Waals surface area contributed by atoms with E-state index >= 15 is 0 Å². The molecule has 4 rings (SSSR count). The van der Waals surface area contributed by atoms with E-state index < -0.39 is 0 Å². The van der Waals surface area contributed by atoms with Gasteiger partial charge < -0.3 is 14.7 Å². The average molecular weight is 379 g/mol. The van der Waals surface area contributed by atoms with E-state index in [1.54, 1.807) is 23.4 Å². The van der Waals surface area contributed by atoms with Crippen LogP contribution >= 0.6 is 0 Å². The second-order valence-electron chi connectivity index (χ2n) is 7.05. The molecule has 0 unspecified atom stereocenters. The highest BCUT2D eigenvalue weighted by Crippen LogP contribution is 2.31. The van der Waals surface area contributed by atoms with Crippen molar-refractivity contribution in [3.8, 4) is 22.8 Å². The predicted molar refractivity (Wildman–Crippen MR) is 101 cm³/mol. The van der Waals surface area contributed by atoms with Gasteiger partial charge in [-0.25, -0.2) is 4.79 Å². The zero-order valence-electron chi connectivity index (χ0n) is 16.0. The molecule has 0 saturated carbocycles. The lowest BCUT2D eigenvalue weighted by molar-refractivity contribution is 0.190. The minimum absolute atomic E-state index is 0.0604. The van der Waals surface area contributed by atoms with Crippen molar-refractivity contribution in [1.29, 1.82) is 0 Å². The van der Waals surface area contributed by atoms with Gasteiger partial charge in [-0.2, -0.15) is 15.2 Å². The maximum atomic E-state index is 12.3. The number of fused-ring (bicyclic) bond motifs is 1. The third-order valence-corrected chi connectivity index (χ3v) is 4.64.